The number of carbonyl (C=O) groups excluding carboxylic acids is 1. The minimum absolute atomic E-state index is 0. The van der Waals surface area contributed by atoms with Gasteiger partial charge in [0.15, 0.2) is 5.78 Å². The third-order valence-electron chi connectivity index (χ3n) is 2.17. The fourth-order valence-corrected chi connectivity index (χ4v) is 1.47. The molecule has 0 fully saturated rings. The zero-order valence-electron chi connectivity index (χ0n) is 8.77. The van der Waals surface area contributed by atoms with Gasteiger partial charge in [0.1, 0.15) is 22.6 Å². The molecular weight excluding hydrogens is 286 g/mol. The second-order valence-corrected chi connectivity index (χ2v) is 3.12. The summed E-state index contributed by atoms with van der Waals surface area (Å²) in [6, 6.07) is 1.36. The molecule has 6 heteroatoms. The van der Waals surface area contributed by atoms with E-state index in [4.69, 9.17) is 4.42 Å². The summed E-state index contributed by atoms with van der Waals surface area (Å²) in [6.45, 7) is 1.15. The molecule has 0 spiro atoms. The zero-order valence-corrected chi connectivity index (χ0v) is 13.7. The summed E-state index contributed by atoms with van der Waals surface area (Å²) in [6.07, 6.45) is 1.20. The van der Waals surface area contributed by atoms with Crippen LogP contribution in [0, 0.1) is 0 Å². The van der Waals surface area contributed by atoms with Crippen molar-refractivity contribution in [1.29, 1.82) is 0 Å². The molecule has 78 valence electrons. The Bertz CT molecular complexity index is 558. The summed E-state index contributed by atoms with van der Waals surface area (Å²) in [4.78, 5) is 11.1. The number of furan rings is 1. The summed E-state index contributed by atoms with van der Waals surface area (Å²) >= 11 is 0. The Kier molecular flexibility index (Phi) is 4.17. The Balaban J connectivity index is 0.00000128. The Hall–Kier alpha value is -0.365. The number of Topliss-reactive ketones (excluding diaryl/α,β-unsaturated/α-hetero) is 1. The molecule has 0 aliphatic rings. The molecule has 2 N–H and O–H groups in total. The molecule has 0 aliphatic heterocycles. The number of hydrogen-bond donors (Lipinski definition) is 2. The van der Waals surface area contributed by atoms with Gasteiger partial charge in [0.2, 0.25) is 0 Å². The molecule has 0 saturated heterocycles. The summed E-state index contributed by atoms with van der Waals surface area (Å²) < 4.78 is 4.80. The molecular formula is C10H7O5Rb. The molecule has 0 aliphatic carbocycles. The van der Waals surface area contributed by atoms with E-state index in [1.165, 1.54) is 12.3 Å². The van der Waals surface area contributed by atoms with Crippen molar-refractivity contribution in [1.82, 2.24) is 0 Å². The predicted octanol–water partition coefficient (Wildman–Crippen LogP) is -1.88. The Morgan fingerprint density at radius 2 is 2.00 bits per heavy atom. The van der Waals surface area contributed by atoms with Crippen LogP contribution < -0.4 is 63.3 Å². The molecule has 0 radical (unpaired) electrons. The SMILES string of the molecule is CC(=O)c1c(O)c([O-])c2occc2c1O.[Rb+]. The van der Waals surface area contributed by atoms with E-state index in [-0.39, 0.29) is 74.7 Å². The van der Waals surface area contributed by atoms with Gasteiger partial charge in [-0.25, -0.2) is 0 Å². The number of benzene rings is 1. The van der Waals surface area contributed by atoms with Gasteiger partial charge in [0, 0.05) is 0 Å². The first-order valence-corrected chi connectivity index (χ1v) is 4.17. The van der Waals surface area contributed by atoms with E-state index in [0.717, 1.165) is 6.92 Å². The van der Waals surface area contributed by atoms with Crippen molar-refractivity contribution in [3.05, 3.63) is 17.9 Å². The third kappa shape index (κ3) is 1.92. The molecule has 1 aromatic heterocycles. The van der Waals surface area contributed by atoms with E-state index in [9.17, 15) is 20.1 Å². The molecule has 0 unspecified atom stereocenters. The van der Waals surface area contributed by atoms with Gasteiger partial charge >= 0.3 is 58.2 Å². The molecule has 0 bridgehead atoms. The first-order valence-electron chi connectivity index (χ1n) is 4.17. The van der Waals surface area contributed by atoms with Crippen LogP contribution in [0.15, 0.2) is 16.7 Å². The van der Waals surface area contributed by atoms with Crippen LogP contribution in [0.2, 0.25) is 0 Å². The number of ketones is 1. The first-order chi connectivity index (χ1) is 7.04. The van der Waals surface area contributed by atoms with Crippen molar-refractivity contribution in [3.8, 4) is 17.2 Å². The van der Waals surface area contributed by atoms with Crippen LogP contribution in [0.25, 0.3) is 11.0 Å². The third-order valence-corrected chi connectivity index (χ3v) is 2.17. The summed E-state index contributed by atoms with van der Waals surface area (Å²) in [5.41, 5.74) is -0.524. The Morgan fingerprint density at radius 3 is 2.56 bits per heavy atom. The molecule has 0 saturated carbocycles. The average molecular weight is 293 g/mol. The minimum Gasteiger partial charge on any atom is -0.867 e. The molecule has 0 amide bonds. The van der Waals surface area contributed by atoms with E-state index in [2.05, 4.69) is 0 Å². The van der Waals surface area contributed by atoms with Gasteiger partial charge in [-0.05, 0) is 18.7 Å². The van der Waals surface area contributed by atoms with E-state index >= 15 is 0 Å². The van der Waals surface area contributed by atoms with Gasteiger partial charge in [-0.15, -0.1) is 0 Å². The largest absolute Gasteiger partial charge is 1.00 e. The second-order valence-electron chi connectivity index (χ2n) is 3.12. The number of phenolic OH excluding ortho intramolecular Hbond substituents is 2. The van der Waals surface area contributed by atoms with E-state index in [0.29, 0.717) is 0 Å². The summed E-state index contributed by atoms with van der Waals surface area (Å²) in [5.74, 6) is -2.57. The summed E-state index contributed by atoms with van der Waals surface area (Å²) in [7, 11) is 0. The number of rotatable bonds is 1. The van der Waals surface area contributed by atoms with Crippen molar-refractivity contribution >= 4 is 16.8 Å². The van der Waals surface area contributed by atoms with Crippen LogP contribution in [0.4, 0.5) is 0 Å². The van der Waals surface area contributed by atoms with Crippen molar-refractivity contribution < 1.29 is 82.7 Å². The monoisotopic (exact) mass is 292 g/mol. The van der Waals surface area contributed by atoms with Crippen LogP contribution in [0.3, 0.4) is 0 Å². The minimum atomic E-state index is -0.794. The Morgan fingerprint density at radius 1 is 1.38 bits per heavy atom. The van der Waals surface area contributed by atoms with Gasteiger partial charge in [-0.3, -0.25) is 4.79 Å². The van der Waals surface area contributed by atoms with Crippen LogP contribution in [-0.4, -0.2) is 16.0 Å². The number of fused-ring (bicyclic) bond motifs is 1. The number of aromatic hydroxyl groups is 2. The number of phenols is 2. The fraction of sp³-hybridized carbons (Fsp3) is 0.100. The van der Waals surface area contributed by atoms with E-state index in [1.807, 2.05) is 0 Å². The van der Waals surface area contributed by atoms with Gasteiger partial charge in [-0.1, -0.05) is 0 Å². The fourth-order valence-electron chi connectivity index (χ4n) is 1.47. The van der Waals surface area contributed by atoms with Crippen LogP contribution in [0.1, 0.15) is 17.3 Å². The zero-order chi connectivity index (χ0) is 11.2. The normalized spacial score (nSPS) is 10.1. The quantitative estimate of drug-likeness (QED) is 0.600. The number of hydrogen-bond acceptors (Lipinski definition) is 5. The van der Waals surface area contributed by atoms with E-state index in [1.54, 1.807) is 0 Å². The maximum absolute atomic E-state index is 11.5. The van der Waals surface area contributed by atoms with Crippen LogP contribution >= 0.6 is 0 Å². The topological polar surface area (TPSA) is 93.7 Å². The van der Waals surface area contributed by atoms with Crippen LogP contribution in [-0.2, 0) is 0 Å². The van der Waals surface area contributed by atoms with Crippen molar-refractivity contribution in [3.63, 3.8) is 0 Å². The average Bonchev–Trinajstić information content (AvgIpc) is 2.62. The van der Waals surface area contributed by atoms with Gasteiger partial charge < -0.3 is 19.7 Å². The molecule has 1 aromatic carbocycles. The first kappa shape index (κ1) is 13.7. The second kappa shape index (κ2) is 4.87. The maximum Gasteiger partial charge on any atom is 1.00 e. The van der Waals surface area contributed by atoms with Gasteiger partial charge in [0.05, 0.1) is 11.6 Å². The van der Waals surface area contributed by atoms with E-state index < -0.39 is 23.0 Å². The van der Waals surface area contributed by atoms with Crippen molar-refractivity contribution in [2.75, 3.05) is 0 Å². The molecule has 2 rings (SSSR count). The smallest absolute Gasteiger partial charge is 0.867 e. The molecule has 5 nitrogen and oxygen atoms in total. The Labute approximate surface area is 139 Å². The van der Waals surface area contributed by atoms with Crippen LogP contribution in [0.5, 0.6) is 17.2 Å². The van der Waals surface area contributed by atoms with Gasteiger partial charge in [-0.2, -0.15) is 0 Å². The molecule has 1 heterocycles. The van der Waals surface area contributed by atoms with Crippen molar-refractivity contribution in [2.24, 2.45) is 0 Å². The van der Waals surface area contributed by atoms with Gasteiger partial charge in [0.25, 0.3) is 0 Å². The number of carbonyl (C=O) groups is 1. The summed E-state index contributed by atoms with van der Waals surface area (Å²) in [5, 5.41) is 30.6. The van der Waals surface area contributed by atoms with Crippen molar-refractivity contribution in [2.45, 2.75) is 6.92 Å². The standard InChI is InChI=1S/C10H8O5.Rb/c1-4(11)6-7(12)5-2-3-15-10(5)9(14)8(6)13;/h2-3,12-14H,1H3;/q;+1/p-1. The molecule has 0 atom stereocenters. The predicted molar refractivity (Wildman–Crippen MR) is 49.0 cm³/mol. The molecule has 2 aromatic rings. The maximum atomic E-state index is 11.5. The molecule has 16 heavy (non-hydrogen) atoms.